The van der Waals surface area contributed by atoms with Crippen LogP contribution in [-0.2, 0) is 16.0 Å². The minimum atomic E-state index is -0.428. The molecule has 0 radical (unpaired) electrons. The molecule has 0 aliphatic carbocycles. The van der Waals surface area contributed by atoms with Crippen LogP contribution in [0, 0.1) is 5.82 Å². The Kier molecular flexibility index (Phi) is 9.54. The number of anilines is 1. The van der Waals surface area contributed by atoms with Gasteiger partial charge in [-0.15, -0.1) is 16.5 Å². The molecular weight excluding hydrogens is 511 g/mol. The number of azo groups is 1. The van der Waals surface area contributed by atoms with Crippen LogP contribution >= 0.6 is 11.3 Å². The van der Waals surface area contributed by atoms with Crippen LogP contribution in [0.3, 0.4) is 0 Å². The van der Waals surface area contributed by atoms with Crippen molar-refractivity contribution >= 4 is 44.6 Å². The quantitative estimate of drug-likeness (QED) is 0.0773. The topological polar surface area (TPSA) is 67.1 Å². The summed E-state index contributed by atoms with van der Waals surface area (Å²) in [6, 6.07) is 18.7. The lowest BCUT2D eigenvalue weighted by Crippen LogP contribution is -2.21. The first-order valence-corrected chi connectivity index (χ1v) is 14.0. The summed E-state index contributed by atoms with van der Waals surface area (Å²) < 4.78 is 21.1. The minimum Gasteiger partial charge on any atom is -0.462 e. The van der Waals surface area contributed by atoms with E-state index >= 15 is 0 Å². The van der Waals surface area contributed by atoms with Gasteiger partial charge in [-0.2, -0.15) is 5.11 Å². The molecule has 0 saturated carbocycles. The number of hydrogen-bond acceptors (Lipinski definition) is 7. The first-order chi connectivity index (χ1) is 18.9. The van der Waals surface area contributed by atoms with E-state index in [4.69, 9.17) is 9.72 Å². The molecule has 4 aromatic rings. The van der Waals surface area contributed by atoms with Crippen LogP contribution in [-0.4, -0.2) is 30.6 Å². The molecule has 0 saturated heterocycles. The number of ether oxygens (including phenoxy) is 1. The number of halogens is 1. The summed E-state index contributed by atoms with van der Waals surface area (Å²) in [6.45, 7) is 11.7. The van der Waals surface area contributed by atoms with E-state index < -0.39 is 5.82 Å². The number of benzene rings is 3. The molecule has 0 aliphatic rings. The summed E-state index contributed by atoms with van der Waals surface area (Å²) in [5.41, 5.74) is 4.93. The largest absolute Gasteiger partial charge is 0.462 e. The Morgan fingerprint density at radius 3 is 2.41 bits per heavy atom. The van der Waals surface area contributed by atoms with Gasteiger partial charge in [-0.1, -0.05) is 18.7 Å². The maximum absolute atomic E-state index is 14.9. The summed E-state index contributed by atoms with van der Waals surface area (Å²) in [7, 11) is 0. The van der Waals surface area contributed by atoms with Crippen molar-refractivity contribution in [3.63, 3.8) is 0 Å². The maximum atomic E-state index is 14.9. The lowest BCUT2D eigenvalue weighted by molar-refractivity contribution is -0.139. The smallest absolute Gasteiger partial charge is 0.333 e. The van der Waals surface area contributed by atoms with Crippen molar-refractivity contribution < 1.29 is 13.9 Å². The van der Waals surface area contributed by atoms with Crippen LogP contribution in [0.15, 0.2) is 83.0 Å². The summed E-state index contributed by atoms with van der Waals surface area (Å²) in [6.07, 6.45) is 2.45. The van der Waals surface area contributed by atoms with E-state index in [-0.39, 0.29) is 11.7 Å². The van der Waals surface area contributed by atoms with Crippen molar-refractivity contribution in [3.05, 3.63) is 83.6 Å². The third kappa shape index (κ3) is 7.35. The number of unbranched alkanes of at least 4 members (excludes halogenated alkanes) is 1. The predicted octanol–water partition coefficient (Wildman–Crippen LogP) is 8.81. The molecule has 0 fully saturated rings. The molecule has 8 heteroatoms. The molecule has 4 rings (SSSR count). The number of hydrogen-bond donors (Lipinski definition) is 0. The average molecular weight is 545 g/mol. The van der Waals surface area contributed by atoms with Gasteiger partial charge in [0.05, 0.1) is 27.5 Å². The molecule has 0 spiro atoms. The van der Waals surface area contributed by atoms with E-state index in [1.807, 2.05) is 48.5 Å². The number of carbonyl (C=O) groups is 1. The zero-order chi connectivity index (χ0) is 27.8. The van der Waals surface area contributed by atoms with Gasteiger partial charge < -0.3 is 9.64 Å². The van der Waals surface area contributed by atoms with Crippen molar-refractivity contribution in [1.29, 1.82) is 0 Å². The second kappa shape index (κ2) is 13.2. The highest BCUT2D eigenvalue weighted by Gasteiger charge is 2.10. The van der Waals surface area contributed by atoms with Crippen molar-refractivity contribution in [2.45, 2.75) is 40.0 Å². The molecule has 0 atom stereocenters. The van der Waals surface area contributed by atoms with E-state index in [1.165, 1.54) is 6.07 Å². The minimum absolute atomic E-state index is 0.192. The van der Waals surface area contributed by atoms with E-state index in [2.05, 4.69) is 35.6 Å². The van der Waals surface area contributed by atoms with E-state index in [0.29, 0.717) is 17.9 Å². The van der Waals surface area contributed by atoms with Gasteiger partial charge in [0, 0.05) is 24.4 Å². The van der Waals surface area contributed by atoms with Crippen LogP contribution < -0.4 is 4.90 Å². The van der Waals surface area contributed by atoms with Gasteiger partial charge in [0.25, 0.3) is 0 Å². The first kappa shape index (κ1) is 28.1. The molecule has 3 aromatic carbocycles. The third-order valence-electron chi connectivity index (χ3n) is 6.33. The molecule has 202 valence electrons. The highest BCUT2D eigenvalue weighted by molar-refractivity contribution is 7.18. The molecule has 0 amide bonds. The average Bonchev–Trinajstić information content (AvgIpc) is 3.35. The van der Waals surface area contributed by atoms with Crippen molar-refractivity contribution in [3.8, 4) is 11.1 Å². The second-order valence-corrected chi connectivity index (χ2v) is 10.3. The predicted molar refractivity (Wildman–Crippen MR) is 158 cm³/mol. The van der Waals surface area contributed by atoms with Crippen molar-refractivity contribution in [2.75, 3.05) is 24.6 Å². The van der Waals surface area contributed by atoms with Gasteiger partial charge in [0.2, 0.25) is 0 Å². The zero-order valence-electron chi connectivity index (χ0n) is 22.6. The Morgan fingerprint density at radius 1 is 1.00 bits per heavy atom. The highest BCUT2D eigenvalue weighted by Crippen LogP contribution is 2.31. The van der Waals surface area contributed by atoms with E-state index in [9.17, 15) is 9.18 Å². The molecule has 0 bridgehead atoms. The second-order valence-electron chi connectivity index (χ2n) is 9.22. The molecule has 1 aromatic heterocycles. The van der Waals surface area contributed by atoms with Crippen LogP contribution in [0.25, 0.3) is 21.3 Å². The molecule has 0 aliphatic heterocycles. The fourth-order valence-electron chi connectivity index (χ4n) is 4.13. The van der Waals surface area contributed by atoms with Gasteiger partial charge in [-0.3, -0.25) is 0 Å². The third-order valence-corrected chi connectivity index (χ3v) is 7.43. The lowest BCUT2D eigenvalue weighted by atomic mass is 10.0. The van der Waals surface area contributed by atoms with Gasteiger partial charge in [-0.05, 0) is 99.7 Å². The first-order valence-electron chi connectivity index (χ1n) is 13.2. The van der Waals surface area contributed by atoms with E-state index in [0.717, 1.165) is 64.4 Å². The molecule has 39 heavy (non-hydrogen) atoms. The number of rotatable bonds is 12. The van der Waals surface area contributed by atoms with E-state index in [1.54, 1.807) is 24.3 Å². The standard InChI is InChI=1S/C31H33FN4O2S/c1-5-36(6-2)25-14-12-24(13-15-25)34-35-27-16-10-22(19-26(27)32)23-11-17-29-28(20-23)33-30(39-29)9-7-8-18-38-31(37)21(3)4/h10-17,19-20H,3,5-9,18H2,1-2,4H3. The Morgan fingerprint density at radius 2 is 1.72 bits per heavy atom. The van der Waals surface area contributed by atoms with Crippen LogP contribution in [0.4, 0.5) is 21.5 Å². The SMILES string of the molecule is C=C(C)C(=O)OCCCCc1nc2cc(-c3ccc(N=Nc4ccc(N(CC)CC)cc4)c(F)c3)ccc2s1. The maximum Gasteiger partial charge on any atom is 0.333 e. The van der Waals surface area contributed by atoms with Crippen LogP contribution in [0.1, 0.15) is 38.6 Å². The zero-order valence-corrected chi connectivity index (χ0v) is 23.4. The molecule has 0 N–H and O–H groups in total. The van der Waals surface area contributed by atoms with Crippen molar-refractivity contribution in [2.24, 2.45) is 10.2 Å². The normalized spacial score (nSPS) is 11.3. The highest BCUT2D eigenvalue weighted by atomic mass is 32.1. The number of nitrogens with zero attached hydrogens (tertiary/aromatic N) is 4. The molecule has 0 unspecified atom stereocenters. The Hall–Kier alpha value is -3.91. The number of aryl methyl sites for hydroxylation is 1. The molecule has 6 nitrogen and oxygen atoms in total. The number of fused-ring (bicyclic) bond motifs is 1. The fraction of sp³-hybridized carbons (Fsp3) is 0.290. The number of carbonyl (C=O) groups excluding carboxylic acids is 1. The van der Waals surface area contributed by atoms with Crippen LogP contribution in [0.2, 0.25) is 0 Å². The summed E-state index contributed by atoms with van der Waals surface area (Å²) >= 11 is 1.65. The Bertz CT molecular complexity index is 1480. The molecular formula is C31H33FN4O2S. The fourth-order valence-corrected chi connectivity index (χ4v) is 5.12. The molecule has 1 heterocycles. The van der Waals surface area contributed by atoms with Crippen molar-refractivity contribution in [1.82, 2.24) is 4.98 Å². The Balaban J connectivity index is 1.39. The number of aromatic nitrogens is 1. The van der Waals surface area contributed by atoms with Crippen LogP contribution in [0.5, 0.6) is 0 Å². The Labute approximate surface area is 232 Å². The van der Waals surface area contributed by atoms with Gasteiger partial charge in [0.1, 0.15) is 5.69 Å². The van der Waals surface area contributed by atoms with Gasteiger partial charge >= 0.3 is 5.97 Å². The van der Waals surface area contributed by atoms with Gasteiger partial charge in [-0.25, -0.2) is 14.2 Å². The lowest BCUT2D eigenvalue weighted by Gasteiger charge is -2.20. The van der Waals surface area contributed by atoms with Gasteiger partial charge in [0.15, 0.2) is 5.82 Å². The summed E-state index contributed by atoms with van der Waals surface area (Å²) in [5, 5.41) is 9.38. The summed E-state index contributed by atoms with van der Waals surface area (Å²) in [4.78, 5) is 18.5. The number of esters is 1. The number of thiazole rings is 1. The monoisotopic (exact) mass is 544 g/mol. The summed E-state index contributed by atoms with van der Waals surface area (Å²) in [5.74, 6) is -0.779.